The summed E-state index contributed by atoms with van der Waals surface area (Å²) in [5.41, 5.74) is 0.519. The number of hydrogen-bond donors (Lipinski definition) is 0. The van der Waals surface area contributed by atoms with E-state index in [0.717, 1.165) is 0 Å². The Hall–Kier alpha value is -1.07. The minimum atomic E-state index is -0.0655. The molecular formula is C13H16ClN3OS. The molecule has 2 rings (SSSR count). The van der Waals surface area contributed by atoms with Gasteiger partial charge in [-0.05, 0) is 17.7 Å². The van der Waals surface area contributed by atoms with Crippen molar-refractivity contribution in [3.8, 4) is 0 Å². The van der Waals surface area contributed by atoms with Crippen molar-refractivity contribution in [2.75, 3.05) is 6.26 Å². The molecule has 2 aromatic rings. The normalized spacial score (nSPS) is 12.1. The molecule has 6 heteroatoms. The Bertz CT molecular complexity index is 676. The second kappa shape index (κ2) is 5.13. The summed E-state index contributed by atoms with van der Waals surface area (Å²) < 4.78 is 1.67. The Morgan fingerprint density at radius 2 is 2.00 bits per heavy atom. The molecule has 0 atom stereocenters. The van der Waals surface area contributed by atoms with Gasteiger partial charge in [-0.25, -0.2) is 9.97 Å². The van der Waals surface area contributed by atoms with E-state index >= 15 is 0 Å². The molecule has 0 unspecified atom stereocenters. The fourth-order valence-electron chi connectivity index (χ4n) is 1.83. The molecule has 0 bridgehead atoms. The highest BCUT2D eigenvalue weighted by atomic mass is 35.5. The summed E-state index contributed by atoms with van der Waals surface area (Å²) in [4.78, 5) is 20.7. The number of pyridine rings is 1. The van der Waals surface area contributed by atoms with E-state index in [2.05, 4.69) is 30.7 Å². The van der Waals surface area contributed by atoms with Crippen molar-refractivity contribution < 1.29 is 0 Å². The lowest BCUT2D eigenvalue weighted by Gasteiger charge is -2.21. The van der Waals surface area contributed by atoms with Crippen LogP contribution in [0.2, 0.25) is 5.15 Å². The molecule has 0 amide bonds. The van der Waals surface area contributed by atoms with E-state index in [1.54, 1.807) is 10.6 Å². The summed E-state index contributed by atoms with van der Waals surface area (Å²) in [7, 11) is 0. The summed E-state index contributed by atoms with van der Waals surface area (Å²) in [5, 5.41) is 1.67. The van der Waals surface area contributed by atoms with Crippen LogP contribution in [0, 0.1) is 5.41 Å². The maximum Gasteiger partial charge on any atom is 0.252 e. The number of rotatable bonds is 2. The summed E-state index contributed by atoms with van der Waals surface area (Å²) in [6, 6.07) is 3.20. The first-order valence-electron chi connectivity index (χ1n) is 5.93. The number of halogens is 1. The Morgan fingerprint density at radius 3 is 2.58 bits per heavy atom. The monoisotopic (exact) mass is 297 g/mol. The molecule has 2 heterocycles. The number of nitrogens with zero attached hydrogens (tertiary/aromatic N) is 3. The van der Waals surface area contributed by atoms with Crippen LogP contribution in [0.15, 0.2) is 22.1 Å². The molecule has 2 aromatic heterocycles. The molecule has 0 aromatic carbocycles. The minimum absolute atomic E-state index is 0.0188. The van der Waals surface area contributed by atoms with Crippen LogP contribution in [0.3, 0.4) is 0 Å². The maximum atomic E-state index is 12.1. The largest absolute Gasteiger partial charge is 0.292 e. The molecule has 4 nitrogen and oxygen atoms in total. The number of hydrogen-bond acceptors (Lipinski definition) is 4. The topological polar surface area (TPSA) is 47.8 Å². The maximum absolute atomic E-state index is 12.1. The van der Waals surface area contributed by atoms with E-state index in [1.165, 1.54) is 17.8 Å². The average molecular weight is 298 g/mol. The lowest BCUT2D eigenvalue weighted by atomic mass is 9.97. The molecule has 0 spiro atoms. The quantitative estimate of drug-likeness (QED) is 0.485. The molecule has 0 aliphatic carbocycles. The van der Waals surface area contributed by atoms with Gasteiger partial charge in [-0.15, -0.1) is 0 Å². The van der Waals surface area contributed by atoms with E-state index in [4.69, 9.17) is 11.6 Å². The van der Waals surface area contributed by atoms with Crippen LogP contribution >= 0.6 is 23.4 Å². The van der Waals surface area contributed by atoms with Gasteiger partial charge in [0.25, 0.3) is 5.56 Å². The Labute approximate surface area is 121 Å². The average Bonchev–Trinajstić information content (AvgIpc) is 2.31. The van der Waals surface area contributed by atoms with Crippen LogP contribution in [0.5, 0.6) is 0 Å². The number of aromatic nitrogens is 3. The summed E-state index contributed by atoms with van der Waals surface area (Å²) in [6.07, 6.45) is 1.88. The Morgan fingerprint density at radius 1 is 1.32 bits per heavy atom. The van der Waals surface area contributed by atoms with Gasteiger partial charge in [0.05, 0.1) is 5.39 Å². The Balaban J connectivity index is 2.77. The molecule has 0 fully saturated rings. The predicted octanol–water partition coefficient (Wildman–Crippen LogP) is 3.21. The zero-order valence-electron chi connectivity index (χ0n) is 11.4. The molecule has 0 aliphatic rings. The molecule has 0 radical (unpaired) electrons. The molecule has 0 saturated carbocycles. The van der Waals surface area contributed by atoms with Gasteiger partial charge in [0.1, 0.15) is 10.8 Å². The molecule has 102 valence electrons. The van der Waals surface area contributed by atoms with Gasteiger partial charge in [-0.1, -0.05) is 44.1 Å². The third-order valence-electron chi connectivity index (χ3n) is 2.59. The predicted molar refractivity (Wildman–Crippen MR) is 80.0 cm³/mol. The van der Waals surface area contributed by atoms with Crippen molar-refractivity contribution in [1.82, 2.24) is 14.5 Å². The van der Waals surface area contributed by atoms with Crippen LogP contribution < -0.4 is 5.56 Å². The van der Waals surface area contributed by atoms with Gasteiger partial charge in [-0.2, -0.15) is 0 Å². The molecule has 0 saturated heterocycles. The fourth-order valence-corrected chi connectivity index (χ4v) is 2.47. The van der Waals surface area contributed by atoms with E-state index in [-0.39, 0.29) is 11.0 Å². The third-order valence-corrected chi connectivity index (χ3v) is 3.42. The highest BCUT2D eigenvalue weighted by molar-refractivity contribution is 7.98. The van der Waals surface area contributed by atoms with Crippen LogP contribution in [0.1, 0.15) is 20.8 Å². The van der Waals surface area contributed by atoms with Gasteiger partial charge in [-0.3, -0.25) is 9.36 Å². The smallest absolute Gasteiger partial charge is 0.252 e. The lowest BCUT2D eigenvalue weighted by molar-refractivity contribution is 0.343. The van der Waals surface area contributed by atoms with Gasteiger partial charge in [0, 0.05) is 12.6 Å². The van der Waals surface area contributed by atoms with Crippen LogP contribution in [0.25, 0.3) is 11.0 Å². The minimum Gasteiger partial charge on any atom is -0.292 e. The van der Waals surface area contributed by atoms with E-state index in [0.29, 0.717) is 27.9 Å². The van der Waals surface area contributed by atoms with Crippen molar-refractivity contribution >= 4 is 34.4 Å². The van der Waals surface area contributed by atoms with Gasteiger partial charge in [0.15, 0.2) is 5.16 Å². The highest BCUT2D eigenvalue weighted by Crippen LogP contribution is 2.24. The summed E-state index contributed by atoms with van der Waals surface area (Å²) in [5.74, 6) is 0. The van der Waals surface area contributed by atoms with Gasteiger partial charge >= 0.3 is 0 Å². The van der Waals surface area contributed by atoms with Gasteiger partial charge < -0.3 is 0 Å². The van der Waals surface area contributed by atoms with Crippen molar-refractivity contribution in [2.24, 2.45) is 5.41 Å². The molecule has 19 heavy (non-hydrogen) atoms. The zero-order chi connectivity index (χ0) is 14.2. The van der Waals surface area contributed by atoms with Crippen LogP contribution in [0.4, 0.5) is 0 Å². The van der Waals surface area contributed by atoms with Gasteiger partial charge in [0.2, 0.25) is 0 Å². The van der Waals surface area contributed by atoms with E-state index in [1.807, 2.05) is 6.26 Å². The van der Waals surface area contributed by atoms with Crippen molar-refractivity contribution in [2.45, 2.75) is 32.5 Å². The number of thioether (sulfide) groups is 1. The van der Waals surface area contributed by atoms with Crippen LogP contribution in [-0.2, 0) is 6.54 Å². The lowest BCUT2D eigenvalue weighted by Crippen LogP contribution is -2.27. The zero-order valence-corrected chi connectivity index (χ0v) is 13.0. The Kier molecular flexibility index (Phi) is 3.87. The first-order chi connectivity index (χ1) is 8.81. The first kappa shape index (κ1) is 14.3. The summed E-state index contributed by atoms with van der Waals surface area (Å²) >= 11 is 7.56. The van der Waals surface area contributed by atoms with Crippen LogP contribution in [-0.4, -0.2) is 20.8 Å². The van der Waals surface area contributed by atoms with Crippen molar-refractivity contribution in [3.63, 3.8) is 0 Å². The molecule has 0 N–H and O–H groups in total. The fraction of sp³-hybridized carbons (Fsp3) is 0.462. The second-order valence-electron chi connectivity index (χ2n) is 5.56. The van der Waals surface area contributed by atoms with Crippen molar-refractivity contribution in [1.29, 1.82) is 0 Å². The van der Waals surface area contributed by atoms with Crippen molar-refractivity contribution in [3.05, 3.63) is 27.6 Å². The SMILES string of the molecule is CSc1nc(Cl)c2ccc(=O)n(CC(C)(C)C)c2n1. The molecule has 0 aliphatic heterocycles. The number of fused-ring (bicyclic) bond motifs is 1. The third kappa shape index (κ3) is 3.09. The van der Waals surface area contributed by atoms with E-state index < -0.39 is 0 Å². The standard InChI is InChI=1S/C13H16ClN3OS/c1-13(2,3)7-17-9(18)6-5-8-10(14)15-12(19-4)16-11(8)17/h5-6H,7H2,1-4H3. The first-order valence-corrected chi connectivity index (χ1v) is 7.53. The summed E-state index contributed by atoms with van der Waals surface area (Å²) in [6.45, 7) is 6.83. The highest BCUT2D eigenvalue weighted by Gasteiger charge is 2.16. The van der Waals surface area contributed by atoms with E-state index in [9.17, 15) is 4.79 Å². The molecular weight excluding hydrogens is 282 g/mol. The second-order valence-corrected chi connectivity index (χ2v) is 6.69.